The van der Waals surface area contributed by atoms with Crippen molar-refractivity contribution in [2.45, 2.75) is 39.0 Å². The molecule has 9 heteroatoms. The van der Waals surface area contributed by atoms with Crippen molar-refractivity contribution in [3.05, 3.63) is 70.4 Å². The number of nitrogens with zero attached hydrogens (tertiary/aromatic N) is 4. The van der Waals surface area contributed by atoms with Gasteiger partial charge in [0.1, 0.15) is 28.0 Å². The van der Waals surface area contributed by atoms with Gasteiger partial charge in [-0.2, -0.15) is 0 Å². The molecule has 1 N–H and O–H groups in total. The second-order valence-electron chi connectivity index (χ2n) is 11.0. The van der Waals surface area contributed by atoms with Gasteiger partial charge in [0, 0.05) is 43.5 Å². The summed E-state index contributed by atoms with van der Waals surface area (Å²) in [5.74, 6) is 3.89. The van der Waals surface area contributed by atoms with E-state index < -0.39 is 0 Å². The summed E-state index contributed by atoms with van der Waals surface area (Å²) in [5.41, 5.74) is 3.37. The zero-order valence-corrected chi connectivity index (χ0v) is 24.8. The first kappa shape index (κ1) is 27.3. The Kier molecular flexibility index (Phi) is 7.96. The summed E-state index contributed by atoms with van der Waals surface area (Å²) in [5, 5.41) is 4.25. The molecule has 4 aromatic rings. The fraction of sp³-hybridized carbons (Fsp3) is 0.406. The smallest absolute Gasteiger partial charge is 0.322 e. The van der Waals surface area contributed by atoms with Crippen LogP contribution in [0.2, 0.25) is 0 Å². The molecule has 41 heavy (non-hydrogen) atoms. The molecule has 1 saturated heterocycles. The summed E-state index contributed by atoms with van der Waals surface area (Å²) in [7, 11) is 3.19. The molecule has 2 aromatic carbocycles. The first-order chi connectivity index (χ1) is 20.0. The number of rotatable bonds is 7. The highest BCUT2D eigenvalue weighted by molar-refractivity contribution is 7.19. The average Bonchev–Trinajstić information content (AvgIpc) is 3.37. The highest BCUT2D eigenvalue weighted by atomic mass is 32.1. The van der Waals surface area contributed by atoms with Gasteiger partial charge in [0.15, 0.2) is 0 Å². The van der Waals surface area contributed by atoms with E-state index in [0.29, 0.717) is 36.2 Å². The molecule has 8 nitrogen and oxygen atoms in total. The van der Waals surface area contributed by atoms with Gasteiger partial charge < -0.3 is 24.6 Å². The van der Waals surface area contributed by atoms with Crippen molar-refractivity contribution in [2.24, 2.45) is 5.92 Å². The molecule has 0 bridgehead atoms. The molecule has 214 valence electrons. The molecule has 0 saturated carbocycles. The minimum atomic E-state index is -0.133. The molecular weight excluding hydrogens is 534 g/mol. The molecule has 6 rings (SSSR count). The SMILES string of the molecule is COc1ccc(NC(=O)N2CCN(c3nc(CCc4ccccc4)nc4sc5c(c34)CC[C@H](C)C5)CC2)c(OC)c1. The second-order valence-corrected chi connectivity index (χ2v) is 12.0. The lowest BCUT2D eigenvalue weighted by molar-refractivity contribution is 0.208. The molecule has 0 spiro atoms. The van der Waals surface area contributed by atoms with Crippen LogP contribution in [0.3, 0.4) is 0 Å². The van der Waals surface area contributed by atoms with Crippen molar-refractivity contribution in [1.29, 1.82) is 0 Å². The van der Waals surface area contributed by atoms with Gasteiger partial charge in [0.05, 0.1) is 25.3 Å². The normalized spacial score (nSPS) is 16.9. The standard InChI is InChI=1S/C32H37N5O3S/c1-21-9-12-24-27(19-21)41-31-29(24)30(34-28(35-31)14-10-22-7-5-4-6-8-22)36-15-17-37(18-16-36)32(38)33-25-13-11-23(39-2)20-26(25)40-3/h4-8,11,13,20-21H,9-10,12,14-19H2,1-3H3,(H,33,38)/t21-/m0/s1. The van der Waals surface area contributed by atoms with Gasteiger partial charge in [-0.15, -0.1) is 11.3 Å². The van der Waals surface area contributed by atoms with Crippen molar-refractivity contribution >= 4 is 39.1 Å². The van der Waals surface area contributed by atoms with Crippen LogP contribution in [-0.2, 0) is 25.7 Å². The van der Waals surface area contributed by atoms with E-state index in [1.165, 1.54) is 27.8 Å². The number of piperazine rings is 1. The molecule has 0 unspecified atom stereocenters. The minimum Gasteiger partial charge on any atom is -0.497 e. The molecule has 2 amide bonds. The van der Waals surface area contributed by atoms with Crippen LogP contribution in [-0.4, -0.2) is 61.3 Å². The first-order valence-electron chi connectivity index (χ1n) is 14.4. The highest BCUT2D eigenvalue weighted by Crippen LogP contribution is 2.41. The molecule has 3 heterocycles. The number of amides is 2. The first-order valence-corrected chi connectivity index (χ1v) is 15.2. The Hall–Kier alpha value is -3.85. The summed E-state index contributed by atoms with van der Waals surface area (Å²) in [6, 6.07) is 15.8. The summed E-state index contributed by atoms with van der Waals surface area (Å²) in [4.78, 5) is 30.3. The Bertz CT molecular complexity index is 1530. The van der Waals surface area contributed by atoms with E-state index in [9.17, 15) is 4.79 Å². The lowest BCUT2D eigenvalue weighted by Crippen LogP contribution is -2.50. The van der Waals surface area contributed by atoms with Crippen LogP contribution >= 0.6 is 11.3 Å². The third-order valence-electron chi connectivity index (χ3n) is 8.18. The Morgan fingerprint density at radius 3 is 2.59 bits per heavy atom. The summed E-state index contributed by atoms with van der Waals surface area (Å²) in [6.07, 6.45) is 5.13. The number of hydrogen-bond acceptors (Lipinski definition) is 7. The number of aryl methyl sites for hydroxylation is 3. The molecule has 1 fully saturated rings. The van der Waals surface area contributed by atoms with Gasteiger partial charge >= 0.3 is 6.03 Å². The molecular formula is C32H37N5O3S. The predicted octanol–water partition coefficient (Wildman–Crippen LogP) is 5.97. The van der Waals surface area contributed by atoms with E-state index in [-0.39, 0.29) is 6.03 Å². The number of nitrogens with one attached hydrogen (secondary N) is 1. The second kappa shape index (κ2) is 11.9. The monoisotopic (exact) mass is 571 g/mol. The summed E-state index contributed by atoms with van der Waals surface area (Å²) in [6.45, 7) is 5.00. The van der Waals surface area contributed by atoms with E-state index in [0.717, 1.165) is 55.2 Å². The van der Waals surface area contributed by atoms with E-state index in [4.69, 9.17) is 19.4 Å². The average molecular weight is 572 g/mol. The van der Waals surface area contributed by atoms with E-state index in [1.54, 1.807) is 26.4 Å². The van der Waals surface area contributed by atoms with Crippen LogP contribution in [0, 0.1) is 5.92 Å². The van der Waals surface area contributed by atoms with Gasteiger partial charge in [0.2, 0.25) is 0 Å². The Labute approximate surface area is 245 Å². The molecule has 2 aromatic heterocycles. The van der Waals surface area contributed by atoms with Crippen LogP contribution in [0.15, 0.2) is 48.5 Å². The maximum atomic E-state index is 13.2. The van der Waals surface area contributed by atoms with Gasteiger partial charge in [-0.3, -0.25) is 0 Å². The summed E-state index contributed by atoms with van der Waals surface area (Å²) >= 11 is 1.86. The number of benzene rings is 2. The van der Waals surface area contributed by atoms with Crippen LogP contribution in [0.1, 0.15) is 35.2 Å². The van der Waals surface area contributed by atoms with Crippen LogP contribution in [0.5, 0.6) is 11.5 Å². The minimum absolute atomic E-state index is 0.133. The Morgan fingerprint density at radius 2 is 1.83 bits per heavy atom. The topological polar surface area (TPSA) is 79.8 Å². The molecule has 1 aliphatic heterocycles. The van der Waals surface area contributed by atoms with Gasteiger partial charge in [0.25, 0.3) is 0 Å². The summed E-state index contributed by atoms with van der Waals surface area (Å²) < 4.78 is 10.7. The molecule has 1 aliphatic carbocycles. The predicted molar refractivity (Wildman–Crippen MR) is 165 cm³/mol. The number of carbonyl (C=O) groups excluding carboxylic acids is 1. The number of anilines is 2. The quantitative estimate of drug-likeness (QED) is 0.294. The van der Waals surface area contributed by atoms with Crippen LogP contribution in [0.4, 0.5) is 16.3 Å². The Balaban J connectivity index is 1.22. The molecule has 2 aliphatic rings. The van der Waals surface area contributed by atoms with E-state index in [2.05, 4.69) is 47.5 Å². The number of methoxy groups -OCH3 is 2. The third-order valence-corrected chi connectivity index (χ3v) is 9.33. The lowest BCUT2D eigenvalue weighted by atomic mass is 9.89. The third kappa shape index (κ3) is 5.81. The van der Waals surface area contributed by atoms with Crippen LogP contribution in [0.25, 0.3) is 10.2 Å². The van der Waals surface area contributed by atoms with Crippen molar-refractivity contribution in [3.8, 4) is 11.5 Å². The fourth-order valence-corrected chi connectivity index (χ4v) is 7.22. The van der Waals surface area contributed by atoms with Gasteiger partial charge in [-0.25, -0.2) is 14.8 Å². The number of hydrogen-bond donors (Lipinski definition) is 1. The van der Waals surface area contributed by atoms with Crippen molar-refractivity contribution < 1.29 is 14.3 Å². The maximum absolute atomic E-state index is 13.2. The number of carbonyl (C=O) groups is 1. The molecule has 1 atom stereocenters. The van der Waals surface area contributed by atoms with E-state index in [1.807, 2.05) is 22.3 Å². The number of aromatic nitrogens is 2. The van der Waals surface area contributed by atoms with Gasteiger partial charge in [-0.1, -0.05) is 37.3 Å². The fourth-order valence-electron chi connectivity index (χ4n) is 5.82. The number of ether oxygens (including phenoxy) is 2. The van der Waals surface area contributed by atoms with Gasteiger partial charge in [-0.05, 0) is 54.9 Å². The largest absolute Gasteiger partial charge is 0.497 e. The van der Waals surface area contributed by atoms with Crippen molar-refractivity contribution in [2.75, 3.05) is 50.6 Å². The number of fused-ring (bicyclic) bond motifs is 3. The zero-order valence-electron chi connectivity index (χ0n) is 24.0. The highest BCUT2D eigenvalue weighted by Gasteiger charge is 2.29. The lowest BCUT2D eigenvalue weighted by Gasteiger charge is -2.36. The van der Waals surface area contributed by atoms with Crippen LogP contribution < -0.4 is 19.7 Å². The van der Waals surface area contributed by atoms with E-state index >= 15 is 0 Å². The molecule has 0 radical (unpaired) electrons. The Morgan fingerprint density at radius 1 is 1.02 bits per heavy atom. The number of thiophene rings is 1. The maximum Gasteiger partial charge on any atom is 0.322 e. The number of urea groups is 1. The van der Waals surface area contributed by atoms with Crippen molar-refractivity contribution in [3.63, 3.8) is 0 Å². The van der Waals surface area contributed by atoms with Crippen molar-refractivity contribution in [1.82, 2.24) is 14.9 Å². The zero-order chi connectivity index (χ0) is 28.3.